The van der Waals surface area contributed by atoms with Crippen LogP contribution in [-0.2, 0) is 4.43 Å². The smallest absolute Gasteiger partial charge is 0.274 e. The highest BCUT2D eigenvalue weighted by Gasteiger charge is 2.36. The first-order valence-electron chi connectivity index (χ1n) is 13.4. The van der Waals surface area contributed by atoms with Gasteiger partial charge in [-0.1, -0.05) is 39.0 Å². The van der Waals surface area contributed by atoms with Gasteiger partial charge < -0.3 is 19.4 Å². The zero-order valence-electron chi connectivity index (χ0n) is 23.5. The molecule has 2 aromatic heterocycles. The lowest BCUT2D eigenvalue weighted by Gasteiger charge is -2.36. The van der Waals surface area contributed by atoms with Gasteiger partial charge in [-0.05, 0) is 83.3 Å². The van der Waals surface area contributed by atoms with Crippen molar-refractivity contribution in [2.75, 3.05) is 38.7 Å². The molecule has 0 amide bonds. The Kier molecular flexibility index (Phi) is 9.02. The number of halogens is 1. The molecule has 206 valence electrons. The predicted octanol–water partition coefficient (Wildman–Crippen LogP) is 6.15. The highest BCUT2D eigenvalue weighted by atomic mass is 79.9. The summed E-state index contributed by atoms with van der Waals surface area (Å²) in [5.74, 6) is 1.87. The van der Waals surface area contributed by atoms with Crippen molar-refractivity contribution in [3.8, 4) is 5.75 Å². The fourth-order valence-corrected chi connectivity index (χ4v) is 6.13. The highest BCUT2D eigenvalue weighted by Crippen LogP contribution is 2.36. The van der Waals surface area contributed by atoms with Gasteiger partial charge in [0.1, 0.15) is 21.7 Å². The molecule has 4 rings (SSSR count). The number of pyridine rings is 1. The summed E-state index contributed by atoms with van der Waals surface area (Å²) >= 11 is 3.47. The maximum Gasteiger partial charge on any atom is 0.274 e. The minimum Gasteiger partial charge on any atom is -0.494 e. The molecule has 7 nitrogen and oxygen atoms in total. The van der Waals surface area contributed by atoms with Crippen LogP contribution >= 0.6 is 15.9 Å². The molecule has 3 aromatic rings. The van der Waals surface area contributed by atoms with Crippen LogP contribution in [0.2, 0.25) is 18.1 Å². The molecule has 0 saturated carbocycles. The van der Waals surface area contributed by atoms with Crippen molar-refractivity contribution in [1.82, 2.24) is 14.3 Å². The van der Waals surface area contributed by atoms with Crippen molar-refractivity contribution >= 4 is 35.7 Å². The van der Waals surface area contributed by atoms with E-state index in [-0.39, 0.29) is 16.6 Å². The Hall–Kier alpha value is -2.20. The molecular formula is C29H41BrN4O3Si. The Morgan fingerprint density at radius 2 is 1.84 bits per heavy atom. The number of aromatic nitrogens is 2. The maximum atomic E-state index is 12.8. The van der Waals surface area contributed by atoms with Gasteiger partial charge in [0.25, 0.3) is 5.56 Å². The van der Waals surface area contributed by atoms with Crippen LogP contribution in [0.15, 0.2) is 57.9 Å². The average Bonchev–Trinajstić information content (AvgIpc) is 2.86. The molecule has 1 aliphatic heterocycles. The number of ether oxygens (including phenoxy) is 1. The van der Waals surface area contributed by atoms with Crippen molar-refractivity contribution in [3.05, 3.63) is 69.1 Å². The van der Waals surface area contributed by atoms with E-state index in [0.29, 0.717) is 28.5 Å². The molecule has 1 N–H and O–H groups in total. The number of fused-ring (bicyclic) bond motifs is 1. The Bertz CT molecular complexity index is 1290. The monoisotopic (exact) mass is 600 g/mol. The third kappa shape index (κ3) is 6.86. The van der Waals surface area contributed by atoms with E-state index in [2.05, 4.69) is 91.3 Å². The van der Waals surface area contributed by atoms with Crippen LogP contribution in [0.5, 0.6) is 5.75 Å². The van der Waals surface area contributed by atoms with Crippen molar-refractivity contribution in [1.29, 1.82) is 0 Å². The minimum absolute atomic E-state index is 0.110. The molecule has 9 heteroatoms. The predicted molar refractivity (Wildman–Crippen MR) is 161 cm³/mol. The third-order valence-electron chi connectivity index (χ3n) is 7.83. The van der Waals surface area contributed by atoms with Crippen LogP contribution in [0.3, 0.4) is 0 Å². The quantitative estimate of drug-likeness (QED) is 0.235. The molecule has 3 heterocycles. The number of likely N-dealkylation sites (tertiary alicyclic amines) is 1. The van der Waals surface area contributed by atoms with Gasteiger partial charge in [0.2, 0.25) is 0 Å². The van der Waals surface area contributed by atoms with Crippen LogP contribution in [0.4, 0.5) is 5.82 Å². The number of likely N-dealkylation sites (N-methyl/N-ethyl adjacent to an activating group) is 1. The molecule has 0 spiro atoms. The first kappa shape index (κ1) is 28.8. The van der Waals surface area contributed by atoms with E-state index in [0.717, 1.165) is 38.3 Å². The maximum absolute atomic E-state index is 12.8. The van der Waals surface area contributed by atoms with E-state index >= 15 is 0 Å². The van der Waals surface area contributed by atoms with Crippen LogP contribution < -0.4 is 15.6 Å². The summed E-state index contributed by atoms with van der Waals surface area (Å²) in [4.78, 5) is 19.8. The molecule has 1 aromatic carbocycles. The summed E-state index contributed by atoms with van der Waals surface area (Å²) in [7, 11) is 0.437. The number of piperidine rings is 1. The summed E-state index contributed by atoms with van der Waals surface area (Å²) < 4.78 is 14.3. The number of anilines is 1. The van der Waals surface area contributed by atoms with Gasteiger partial charge in [0.15, 0.2) is 8.32 Å². The first-order valence-corrected chi connectivity index (χ1v) is 17.1. The first-order chi connectivity index (χ1) is 17.9. The summed E-state index contributed by atoms with van der Waals surface area (Å²) in [6.45, 7) is 14.6. The van der Waals surface area contributed by atoms with Gasteiger partial charge in [0, 0.05) is 38.4 Å². The molecule has 2 atom stereocenters. The van der Waals surface area contributed by atoms with E-state index in [4.69, 9.17) is 14.1 Å². The van der Waals surface area contributed by atoms with Gasteiger partial charge in [-0.25, -0.2) is 4.98 Å². The number of hydrogen-bond donors (Lipinski definition) is 1. The van der Waals surface area contributed by atoms with E-state index < -0.39 is 8.32 Å². The van der Waals surface area contributed by atoms with Crippen LogP contribution in [0.25, 0.3) is 5.65 Å². The number of benzene rings is 1. The Balaban J connectivity index is 1.33. The second kappa shape index (κ2) is 11.9. The summed E-state index contributed by atoms with van der Waals surface area (Å²) in [6.07, 6.45) is 3.58. The van der Waals surface area contributed by atoms with E-state index in [1.165, 1.54) is 5.56 Å². The number of nitrogens with one attached hydrogen (secondary N) is 1. The molecule has 38 heavy (non-hydrogen) atoms. The molecular weight excluding hydrogens is 560 g/mol. The van der Waals surface area contributed by atoms with Crippen molar-refractivity contribution < 1.29 is 9.16 Å². The summed E-state index contributed by atoms with van der Waals surface area (Å²) in [6, 6.07) is 14.2. The lowest BCUT2D eigenvalue weighted by molar-refractivity contribution is 0.232. The molecule has 0 bridgehead atoms. The van der Waals surface area contributed by atoms with Crippen LogP contribution in [0.1, 0.15) is 45.1 Å². The zero-order chi connectivity index (χ0) is 27.5. The Morgan fingerprint density at radius 3 is 2.55 bits per heavy atom. The molecule has 0 unspecified atom stereocenters. The Morgan fingerprint density at radius 1 is 1.11 bits per heavy atom. The van der Waals surface area contributed by atoms with E-state index in [1.54, 1.807) is 10.6 Å². The van der Waals surface area contributed by atoms with Crippen molar-refractivity contribution in [2.24, 2.45) is 0 Å². The highest BCUT2D eigenvalue weighted by molar-refractivity contribution is 9.10. The van der Waals surface area contributed by atoms with Gasteiger partial charge in [-0.15, -0.1) is 0 Å². The fourth-order valence-electron chi connectivity index (χ4n) is 4.65. The molecule has 1 fully saturated rings. The lowest BCUT2D eigenvalue weighted by Crippen LogP contribution is -2.43. The second-order valence-corrected chi connectivity index (χ2v) is 17.5. The van der Waals surface area contributed by atoms with Gasteiger partial charge >= 0.3 is 0 Å². The van der Waals surface area contributed by atoms with Crippen LogP contribution in [0, 0.1) is 0 Å². The topological polar surface area (TPSA) is 68.1 Å². The van der Waals surface area contributed by atoms with E-state index in [1.807, 2.05) is 18.2 Å². The number of nitrogens with zero attached hydrogens (tertiary/aromatic N) is 3. The van der Waals surface area contributed by atoms with E-state index in [9.17, 15) is 4.79 Å². The zero-order valence-corrected chi connectivity index (χ0v) is 26.0. The minimum atomic E-state index is -1.70. The summed E-state index contributed by atoms with van der Waals surface area (Å²) in [5, 5.41) is 3.76. The lowest BCUT2D eigenvalue weighted by atomic mass is 9.88. The van der Waals surface area contributed by atoms with Crippen LogP contribution in [-0.4, -0.2) is 62.0 Å². The second-order valence-electron chi connectivity index (χ2n) is 11.9. The number of rotatable bonds is 9. The van der Waals surface area contributed by atoms with Gasteiger partial charge in [-0.3, -0.25) is 9.20 Å². The molecule has 0 radical (unpaired) electrons. The molecule has 1 saturated heterocycles. The molecule has 0 aliphatic carbocycles. The van der Waals surface area contributed by atoms with Gasteiger partial charge in [0.05, 0.1) is 6.61 Å². The Labute approximate surface area is 235 Å². The van der Waals surface area contributed by atoms with Gasteiger partial charge in [-0.2, -0.15) is 0 Å². The standard InChI is InChI=1S/C29H41BrN4O3Si/c1-29(2,3)38(5,6)37-17-9-16-36-24-13-11-21(12-14-24)22-18-23(20-33(4)19-22)31-27-26(30)28(35)34-15-8-7-10-25(34)32-27/h7-8,10-15,22-23,31H,9,16-20H2,1-6H3/t22-,23+/m0/s1. The fraction of sp³-hybridized carbons (Fsp3) is 0.517. The van der Waals surface area contributed by atoms with Crippen molar-refractivity contribution in [2.45, 2.75) is 63.7 Å². The summed E-state index contributed by atoms with van der Waals surface area (Å²) in [5.41, 5.74) is 1.81. The largest absolute Gasteiger partial charge is 0.494 e. The van der Waals surface area contributed by atoms with Crippen molar-refractivity contribution in [3.63, 3.8) is 0 Å². The molecule has 1 aliphatic rings. The normalized spacial score (nSPS) is 19.0. The SMILES string of the molecule is CN1C[C@H](Nc2nc3ccccn3c(=O)c2Br)C[C@H](c2ccc(OCCCO[Si](C)(C)C(C)(C)C)cc2)C1. The third-order valence-corrected chi connectivity index (χ3v) is 13.1. The number of hydrogen-bond acceptors (Lipinski definition) is 6. The average molecular weight is 602 g/mol.